The van der Waals surface area contributed by atoms with Crippen molar-refractivity contribution >= 4 is 10.9 Å². The number of hydrogen-bond acceptors (Lipinski definition) is 1. The van der Waals surface area contributed by atoms with Crippen molar-refractivity contribution in [2.75, 3.05) is 13.1 Å². The van der Waals surface area contributed by atoms with Crippen LogP contribution in [0.2, 0.25) is 0 Å². The Labute approximate surface area is 115 Å². The number of hydrogen-bond donors (Lipinski definition) is 2. The third-order valence-electron chi connectivity index (χ3n) is 4.57. The SMILES string of the molecule is CCc1cccc2c(CC3CCNCC3)c(C)[nH]c12. The summed E-state index contributed by atoms with van der Waals surface area (Å²) in [4.78, 5) is 3.62. The van der Waals surface area contributed by atoms with Crippen molar-refractivity contribution in [3.05, 3.63) is 35.0 Å². The first-order valence-electron chi connectivity index (χ1n) is 7.59. The number of aryl methyl sites for hydroxylation is 2. The predicted octanol–water partition coefficient (Wildman–Crippen LogP) is 3.58. The van der Waals surface area contributed by atoms with E-state index < -0.39 is 0 Å². The van der Waals surface area contributed by atoms with Gasteiger partial charge in [-0.15, -0.1) is 0 Å². The van der Waals surface area contributed by atoms with Gasteiger partial charge in [0.05, 0.1) is 0 Å². The van der Waals surface area contributed by atoms with Crippen LogP contribution in [0.3, 0.4) is 0 Å². The largest absolute Gasteiger partial charge is 0.358 e. The number of piperidine rings is 1. The Balaban J connectivity index is 1.96. The smallest absolute Gasteiger partial charge is 0.0491 e. The molecule has 1 aromatic carbocycles. The molecule has 1 saturated heterocycles. The molecule has 0 spiro atoms. The summed E-state index contributed by atoms with van der Waals surface area (Å²) in [5, 5.41) is 4.91. The van der Waals surface area contributed by atoms with Crippen LogP contribution in [0, 0.1) is 12.8 Å². The molecule has 2 aromatic rings. The summed E-state index contributed by atoms with van der Waals surface area (Å²) in [6, 6.07) is 6.74. The number of rotatable bonds is 3. The van der Waals surface area contributed by atoms with E-state index in [0.717, 1.165) is 12.3 Å². The molecule has 0 atom stereocenters. The average Bonchev–Trinajstić information content (AvgIpc) is 2.76. The molecule has 2 heterocycles. The molecule has 1 fully saturated rings. The van der Waals surface area contributed by atoms with Crippen molar-refractivity contribution in [3.63, 3.8) is 0 Å². The maximum Gasteiger partial charge on any atom is 0.0491 e. The molecule has 0 bridgehead atoms. The molecular weight excluding hydrogens is 232 g/mol. The van der Waals surface area contributed by atoms with Crippen LogP contribution in [0.25, 0.3) is 10.9 Å². The summed E-state index contributed by atoms with van der Waals surface area (Å²) in [7, 11) is 0. The number of aromatic nitrogens is 1. The second-order valence-electron chi connectivity index (χ2n) is 5.82. The second kappa shape index (κ2) is 5.38. The van der Waals surface area contributed by atoms with Gasteiger partial charge in [0.2, 0.25) is 0 Å². The van der Waals surface area contributed by atoms with Crippen LogP contribution in [0.1, 0.15) is 36.6 Å². The highest BCUT2D eigenvalue weighted by atomic mass is 14.9. The molecule has 2 N–H and O–H groups in total. The van der Waals surface area contributed by atoms with Gasteiger partial charge < -0.3 is 10.3 Å². The van der Waals surface area contributed by atoms with E-state index in [4.69, 9.17) is 0 Å². The van der Waals surface area contributed by atoms with Gasteiger partial charge in [0.1, 0.15) is 0 Å². The summed E-state index contributed by atoms with van der Waals surface area (Å²) in [5.41, 5.74) is 5.73. The van der Waals surface area contributed by atoms with E-state index in [-0.39, 0.29) is 0 Å². The molecule has 1 aliphatic rings. The van der Waals surface area contributed by atoms with Gasteiger partial charge in [-0.2, -0.15) is 0 Å². The number of H-pyrrole nitrogens is 1. The minimum absolute atomic E-state index is 0.851. The molecule has 0 radical (unpaired) electrons. The van der Waals surface area contributed by atoms with E-state index in [2.05, 4.69) is 42.3 Å². The molecular formula is C17H24N2. The second-order valence-corrected chi connectivity index (χ2v) is 5.82. The van der Waals surface area contributed by atoms with Gasteiger partial charge >= 0.3 is 0 Å². The highest BCUT2D eigenvalue weighted by Crippen LogP contribution is 2.29. The van der Waals surface area contributed by atoms with Crippen molar-refractivity contribution in [1.82, 2.24) is 10.3 Å². The fourth-order valence-electron chi connectivity index (χ4n) is 3.40. The van der Waals surface area contributed by atoms with E-state index in [1.807, 2.05) is 0 Å². The van der Waals surface area contributed by atoms with Crippen LogP contribution >= 0.6 is 0 Å². The zero-order chi connectivity index (χ0) is 13.2. The average molecular weight is 256 g/mol. The third-order valence-corrected chi connectivity index (χ3v) is 4.57. The summed E-state index contributed by atoms with van der Waals surface area (Å²) in [6.07, 6.45) is 4.98. The number of para-hydroxylation sites is 1. The molecule has 0 saturated carbocycles. The van der Waals surface area contributed by atoms with Crippen LogP contribution < -0.4 is 5.32 Å². The Morgan fingerprint density at radius 1 is 1.21 bits per heavy atom. The van der Waals surface area contributed by atoms with Crippen molar-refractivity contribution in [3.8, 4) is 0 Å². The third kappa shape index (κ3) is 2.42. The van der Waals surface area contributed by atoms with Crippen molar-refractivity contribution in [2.24, 2.45) is 5.92 Å². The van der Waals surface area contributed by atoms with Crippen molar-refractivity contribution < 1.29 is 0 Å². The highest BCUT2D eigenvalue weighted by molar-refractivity contribution is 5.87. The van der Waals surface area contributed by atoms with Gasteiger partial charge in [-0.3, -0.25) is 0 Å². The van der Waals surface area contributed by atoms with Crippen LogP contribution in [-0.4, -0.2) is 18.1 Å². The normalized spacial score (nSPS) is 17.2. The van der Waals surface area contributed by atoms with E-state index in [1.165, 1.54) is 54.5 Å². The van der Waals surface area contributed by atoms with E-state index in [9.17, 15) is 0 Å². The molecule has 2 heteroatoms. The Morgan fingerprint density at radius 3 is 2.74 bits per heavy atom. The van der Waals surface area contributed by atoms with Crippen LogP contribution in [-0.2, 0) is 12.8 Å². The molecule has 0 amide bonds. The summed E-state index contributed by atoms with van der Waals surface area (Å²) < 4.78 is 0. The van der Waals surface area contributed by atoms with Gasteiger partial charge in [0, 0.05) is 16.6 Å². The fourth-order valence-corrected chi connectivity index (χ4v) is 3.40. The van der Waals surface area contributed by atoms with E-state index in [1.54, 1.807) is 5.56 Å². The lowest BCUT2D eigenvalue weighted by Gasteiger charge is -2.22. The summed E-state index contributed by atoms with van der Waals surface area (Å²) >= 11 is 0. The van der Waals surface area contributed by atoms with Gasteiger partial charge in [0.15, 0.2) is 0 Å². The number of aromatic amines is 1. The number of fused-ring (bicyclic) bond motifs is 1. The molecule has 19 heavy (non-hydrogen) atoms. The van der Waals surface area contributed by atoms with Crippen LogP contribution in [0.4, 0.5) is 0 Å². The predicted molar refractivity (Wildman–Crippen MR) is 81.7 cm³/mol. The molecule has 1 aromatic heterocycles. The Bertz CT molecular complexity index is 562. The number of nitrogens with one attached hydrogen (secondary N) is 2. The molecule has 1 aliphatic heterocycles. The monoisotopic (exact) mass is 256 g/mol. The van der Waals surface area contributed by atoms with Crippen molar-refractivity contribution in [2.45, 2.75) is 39.5 Å². The maximum atomic E-state index is 3.62. The minimum Gasteiger partial charge on any atom is -0.358 e. The fraction of sp³-hybridized carbons (Fsp3) is 0.529. The first-order chi connectivity index (χ1) is 9.29. The first-order valence-corrected chi connectivity index (χ1v) is 7.59. The number of benzene rings is 1. The summed E-state index contributed by atoms with van der Waals surface area (Å²) in [5.74, 6) is 0.851. The minimum atomic E-state index is 0.851. The van der Waals surface area contributed by atoms with Gasteiger partial charge in [-0.05, 0) is 62.7 Å². The van der Waals surface area contributed by atoms with E-state index in [0.29, 0.717) is 0 Å². The molecule has 0 aliphatic carbocycles. The highest BCUT2D eigenvalue weighted by Gasteiger charge is 2.18. The quantitative estimate of drug-likeness (QED) is 0.863. The maximum absolute atomic E-state index is 3.62. The standard InChI is InChI=1S/C17H24N2/c1-3-14-5-4-6-15-16(12(2)19-17(14)15)11-13-7-9-18-10-8-13/h4-6,13,18-19H,3,7-11H2,1-2H3. The van der Waals surface area contributed by atoms with Crippen LogP contribution in [0.5, 0.6) is 0 Å². The Morgan fingerprint density at radius 2 is 2.00 bits per heavy atom. The topological polar surface area (TPSA) is 27.8 Å². The lowest BCUT2D eigenvalue weighted by molar-refractivity contribution is 0.373. The van der Waals surface area contributed by atoms with Gasteiger partial charge in [-0.1, -0.05) is 25.1 Å². The lowest BCUT2D eigenvalue weighted by Crippen LogP contribution is -2.28. The van der Waals surface area contributed by atoms with E-state index >= 15 is 0 Å². The van der Waals surface area contributed by atoms with Gasteiger partial charge in [0.25, 0.3) is 0 Å². The molecule has 3 rings (SSSR count). The zero-order valence-electron chi connectivity index (χ0n) is 12.1. The van der Waals surface area contributed by atoms with Crippen LogP contribution in [0.15, 0.2) is 18.2 Å². The lowest BCUT2D eigenvalue weighted by atomic mass is 9.89. The molecule has 0 unspecified atom stereocenters. The molecule has 2 nitrogen and oxygen atoms in total. The van der Waals surface area contributed by atoms with Gasteiger partial charge in [-0.25, -0.2) is 0 Å². The zero-order valence-corrected chi connectivity index (χ0v) is 12.1. The van der Waals surface area contributed by atoms with Crippen molar-refractivity contribution in [1.29, 1.82) is 0 Å². The Kier molecular flexibility index (Phi) is 3.61. The Hall–Kier alpha value is -1.28. The molecule has 102 valence electrons. The summed E-state index contributed by atoms with van der Waals surface area (Å²) in [6.45, 7) is 6.84. The first kappa shape index (κ1) is 12.7.